The standard InChI is InChI=1S/C11H8N6O2/c18-11(19)8-5-9(16-3-1-12-14-16)7-10(6-8)17-4-2-13-15-17/h1-7H,(H,18,19). The Bertz CT molecular complexity index is 652. The molecule has 3 aromatic rings. The molecule has 1 N–H and O–H groups in total. The number of carboxylic acids is 1. The van der Waals surface area contributed by atoms with Crippen molar-refractivity contribution in [1.82, 2.24) is 30.0 Å². The van der Waals surface area contributed by atoms with E-state index in [2.05, 4.69) is 20.6 Å². The minimum atomic E-state index is -1.02. The normalized spacial score (nSPS) is 10.5. The SMILES string of the molecule is O=C(O)c1cc(-n2ccnn2)cc(-n2ccnn2)c1. The summed E-state index contributed by atoms with van der Waals surface area (Å²) >= 11 is 0. The molecule has 0 amide bonds. The van der Waals surface area contributed by atoms with E-state index in [1.165, 1.54) is 33.9 Å². The van der Waals surface area contributed by atoms with Gasteiger partial charge in [-0.1, -0.05) is 10.4 Å². The number of aromatic nitrogens is 6. The van der Waals surface area contributed by atoms with Gasteiger partial charge in [-0.25, -0.2) is 14.2 Å². The Morgan fingerprint density at radius 2 is 1.47 bits per heavy atom. The third-order valence-corrected chi connectivity index (χ3v) is 2.52. The molecule has 0 aliphatic rings. The third kappa shape index (κ3) is 2.06. The fraction of sp³-hybridized carbons (Fsp3) is 0. The summed E-state index contributed by atoms with van der Waals surface area (Å²) in [6.45, 7) is 0. The van der Waals surface area contributed by atoms with Gasteiger partial charge in [-0.2, -0.15) is 0 Å². The van der Waals surface area contributed by atoms with Crippen molar-refractivity contribution in [2.45, 2.75) is 0 Å². The first-order chi connectivity index (χ1) is 9.24. The summed E-state index contributed by atoms with van der Waals surface area (Å²) < 4.78 is 2.96. The smallest absolute Gasteiger partial charge is 0.335 e. The molecule has 3 rings (SSSR count). The fourth-order valence-electron chi connectivity index (χ4n) is 1.68. The van der Waals surface area contributed by atoms with Crippen LogP contribution in [0.1, 0.15) is 10.4 Å². The summed E-state index contributed by atoms with van der Waals surface area (Å²) in [6, 6.07) is 4.77. The van der Waals surface area contributed by atoms with Crippen LogP contribution in [0.25, 0.3) is 11.4 Å². The minimum absolute atomic E-state index is 0.138. The molecular formula is C11H8N6O2. The Morgan fingerprint density at radius 1 is 0.947 bits per heavy atom. The maximum atomic E-state index is 11.2. The summed E-state index contributed by atoms with van der Waals surface area (Å²) in [5, 5.41) is 24.2. The van der Waals surface area contributed by atoms with Crippen molar-refractivity contribution in [3.8, 4) is 11.4 Å². The van der Waals surface area contributed by atoms with Gasteiger partial charge in [0.05, 0.1) is 41.7 Å². The summed E-state index contributed by atoms with van der Waals surface area (Å²) in [5.41, 5.74) is 1.31. The van der Waals surface area contributed by atoms with Gasteiger partial charge in [0.1, 0.15) is 0 Å². The Balaban J connectivity index is 2.18. The molecule has 1 aromatic carbocycles. The van der Waals surface area contributed by atoms with E-state index in [-0.39, 0.29) is 5.56 Å². The molecule has 0 radical (unpaired) electrons. The second kappa shape index (κ2) is 4.33. The number of hydrogen-bond donors (Lipinski definition) is 1. The number of carboxylic acid groups (broad SMARTS) is 1. The molecule has 8 heteroatoms. The monoisotopic (exact) mass is 256 g/mol. The maximum absolute atomic E-state index is 11.2. The molecule has 2 heterocycles. The van der Waals surface area contributed by atoms with Crippen LogP contribution < -0.4 is 0 Å². The molecule has 2 aromatic heterocycles. The minimum Gasteiger partial charge on any atom is -0.478 e. The highest BCUT2D eigenvalue weighted by Gasteiger charge is 2.10. The molecule has 19 heavy (non-hydrogen) atoms. The fourth-order valence-corrected chi connectivity index (χ4v) is 1.68. The van der Waals surface area contributed by atoms with Crippen LogP contribution in [0.4, 0.5) is 0 Å². The van der Waals surface area contributed by atoms with Gasteiger partial charge < -0.3 is 5.11 Å². The van der Waals surface area contributed by atoms with E-state index >= 15 is 0 Å². The van der Waals surface area contributed by atoms with Crippen LogP contribution >= 0.6 is 0 Å². The molecule has 0 fully saturated rings. The predicted molar refractivity (Wildman–Crippen MR) is 63.2 cm³/mol. The number of nitrogens with zero attached hydrogens (tertiary/aromatic N) is 6. The molecule has 0 bridgehead atoms. The van der Waals surface area contributed by atoms with Gasteiger partial charge in [-0.3, -0.25) is 0 Å². The van der Waals surface area contributed by atoms with Gasteiger partial charge in [0.15, 0.2) is 0 Å². The van der Waals surface area contributed by atoms with Gasteiger partial charge in [0.2, 0.25) is 0 Å². The van der Waals surface area contributed by atoms with Crippen LogP contribution in [0.5, 0.6) is 0 Å². The molecule has 0 aliphatic carbocycles. The summed E-state index contributed by atoms with van der Waals surface area (Å²) in [6.07, 6.45) is 6.29. The van der Waals surface area contributed by atoms with Crippen molar-refractivity contribution >= 4 is 5.97 Å². The van der Waals surface area contributed by atoms with Crippen LogP contribution in [-0.2, 0) is 0 Å². The average Bonchev–Trinajstić information content (AvgIpc) is 3.11. The molecule has 0 unspecified atom stereocenters. The van der Waals surface area contributed by atoms with E-state index in [4.69, 9.17) is 5.11 Å². The Hall–Kier alpha value is -3.03. The first-order valence-corrected chi connectivity index (χ1v) is 5.36. The summed E-state index contributed by atoms with van der Waals surface area (Å²) in [5.74, 6) is -1.02. The summed E-state index contributed by atoms with van der Waals surface area (Å²) in [7, 11) is 0. The van der Waals surface area contributed by atoms with Crippen molar-refractivity contribution in [3.63, 3.8) is 0 Å². The van der Waals surface area contributed by atoms with Gasteiger partial charge in [0, 0.05) is 0 Å². The van der Waals surface area contributed by atoms with E-state index in [9.17, 15) is 4.79 Å². The Labute approximate surface area is 106 Å². The maximum Gasteiger partial charge on any atom is 0.335 e. The van der Waals surface area contributed by atoms with Crippen molar-refractivity contribution in [1.29, 1.82) is 0 Å². The molecule has 0 atom stereocenters. The molecule has 0 aliphatic heterocycles. The zero-order valence-electron chi connectivity index (χ0n) is 9.58. The topological polar surface area (TPSA) is 98.7 Å². The number of rotatable bonds is 3. The van der Waals surface area contributed by atoms with E-state index in [0.29, 0.717) is 11.4 Å². The van der Waals surface area contributed by atoms with Crippen molar-refractivity contribution in [2.75, 3.05) is 0 Å². The van der Waals surface area contributed by atoms with E-state index in [1.807, 2.05) is 0 Å². The van der Waals surface area contributed by atoms with Crippen LogP contribution in [0, 0.1) is 0 Å². The van der Waals surface area contributed by atoms with Crippen molar-refractivity contribution in [3.05, 3.63) is 48.5 Å². The average molecular weight is 256 g/mol. The molecule has 0 spiro atoms. The lowest BCUT2D eigenvalue weighted by Gasteiger charge is -2.06. The van der Waals surface area contributed by atoms with E-state index < -0.39 is 5.97 Å². The lowest BCUT2D eigenvalue weighted by molar-refractivity contribution is 0.0697. The largest absolute Gasteiger partial charge is 0.478 e. The Kier molecular flexibility index (Phi) is 2.53. The lowest BCUT2D eigenvalue weighted by atomic mass is 10.1. The molecule has 94 valence electrons. The van der Waals surface area contributed by atoms with Crippen molar-refractivity contribution < 1.29 is 9.90 Å². The molecule has 0 saturated carbocycles. The molecular weight excluding hydrogens is 248 g/mol. The highest BCUT2D eigenvalue weighted by molar-refractivity contribution is 5.89. The third-order valence-electron chi connectivity index (χ3n) is 2.52. The zero-order chi connectivity index (χ0) is 13.2. The lowest BCUT2D eigenvalue weighted by Crippen LogP contribution is -2.05. The quantitative estimate of drug-likeness (QED) is 0.734. The molecule has 0 saturated heterocycles. The molecule has 8 nitrogen and oxygen atoms in total. The number of aromatic carboxylic acids is 1. The van der Waals surface area contributed by atoms with Gasteiger partial charge in [0.25, 0.3) is 0 Å². The van der Waals surface area contributed by atoms with E-state index in [0.717, 1.165) is 0 Å². The second-order valence-electron chi connectivity index (χ2n) is 3.74. The van der Waals surface area contributed by atoms with Crippen LogP contribution in [-0.4, -0.2) is 41.1 Å². The first-order valence-electron chi connectivity index (χ1n) is 5.36. The van der Waals surface area contributed by atoms with Crippen LogP contribution in [0.2, 0.25) is 0 Å². The van der Waals surface area contributed by atoms with Crippen LogP contribution in [0.15, 0.2) is 43.0 Å². The Morgan fingerprint density at radius 3 is 1.84 bits per heavy atom. The predicted octanol–water partition coefficient (Wildman–Crippen LogP) is 0.546. The highest BCUT2D eigenvalue weighted by atomic mass is 16.4. The van der Waals surface area contributed by atoms with Gasteiger partial charge in [-0.05, 0) is 18.2 Å². The second-order valence-corrected chi connectivity index (χ2v) is 3.74. The van der Waals surface area contributed by atoms with Gasteiger partial charge in [-0.15, -0.1) is 10.2 Å². The van der Waals surface area contributed by atoms with Crippen molar-refractivity contribution in [2.24, 2.45) is 0 Å². The highest BCUT2D eigenvalue weighted by Crippen LogP contribution is 2.16. The number of carbonyl (C=O) groups is 1. The number of benzene rings is 1. The number of hydrogen-bond acceptors (Lipinski definition) is 5. The van der Waals surface area contributed by atoms with Crippen LogP contribution in [0.3, 0.4) is 0 Å². The first kappa shape index (κ1) is 11.1. The van der Waals surface area contributed by atoms with E-state index in [1.54, 1.807) is 18.5 Å². The van der Waals surface area contributed by atoms with Gasteiger partial charge >= 0.3 is 5.97 Å². The zero-order valence-corrected chi connectivity index (χ0v) is 9.58. The summed E-state index contributed by atoms with van der Waals surface area (Å²) in [4.78, 5) is 11.2.